The smallest absolute Gasteiger partial charge is 0.212 e. The molecule has 0 radical (unpaired) electrons. The molecule has 2 rings (SSSR count). The third-order valence-corrected chi connectivity index (χ3v) is 1.93. The summed E-state index contributed by atoms with van der Waals surface area (Å²) in [4.78, 5) is 10.3. The zero-order valence-electron chi connectivity index (χ0n) is 7.40. The van der Waals surface area contributed by atoms with Crippen LogP contribution in [-0.2, 0) is 4.79 Å². The van der Waals surface area contributed by atoms with E-state index in [0.29, 0.717) is 12.2 Å². The number of aromatic amines is 1. The topological polar surface area (TPSA) is 57.8 Å². The van der Waals surface area contributed by atoms with Crippen LogP contribution in [0.1, 0.15) is 0 Å². The van der Waals surface area contributed by atoms with E-state index in [2.05, 4.69) is 15.5 Å². The number of aromatic nitrogens is 2. The van der Waals surface area contributed by atoms with Crippen LogP contribution in [-0.4, -0.2) is 16.6 Å². The van der Waals surface area contributed by atoms with Crippen LogP contribution in [0.4, 0.5) is 5.82 Å². The van der Waals surface area contributed by atoms with Gasteiger partial charge in [0.2, 0.25) is 6.41 Å². The molecule has 0 atom stereocenters. The molecule has 4 nitrogen and oxygen atoms in total. The van der Waals surface area contributed by atoms with Crippen molar-refractivity contribution in [3.05, 3.63) is 36.5 Å². The highest BCUT2D eigenvalue weighted by Crippen LogP contribution is 2.24. The summed E-state index contributed by atoms with van der Waals surface area (Å²) < 4.78 is 0. The number of nitrogens with one attached hydrogen (secondary N) is 2. The third kappa shape index (κ3) is 1.50. The third-order valence-electron chi connectivity index (χ3n) is 1.93. The van der Waals surface area contributed by atoms with Crippen LogP contribution in [0.5, 0.6) is 0 Å². The molecule has 70 valence electrons. The van der Waals surface area contributed by atoms with Crippen LogP contribution in [0, 0.1) is 0 Å². The van der Waals surface area contributed by atoms with E-state index < -0.39 is 0 Å². The molecule has 14 heavy (non-hydrogen) atoms. The number of H-pyrrole nitrogens is 1. The van der Waals surface area contributed by atoms with Gasteiger partial charge in [-0.3, -0.25) is 9.89 Å². The van der Waals surface area contributed by atoms with Crippen LogP contribution < -0.4 is 5.32 Å². The summed E-state index contributed by atoms with van der Waals surface area (Å²) in [5.74, 6) is 0.617. The van der Waals surface area contributed by atoms with Crippen LogP contribution in [0.25, 0.3) is 11.1 Å². The summed E-state index contributed by atoms with van der Waals surface area (Å²) in [6.45, 7) is 0. The normalized spacial score (nSPS) is 9.71. The molecule has 0 unspecified atom stereocenters. The van der Waals surface area contributed by atoms with Crippen molar-refractivity contribution in [2.75, 3.05) is 5.32 Å². The minimum absolute atomic E-state index is 0.617. The standard InChI is InChI=1S/C10H9N3O/c14-7-11-10-9(6-12-13-10)8-4-2-1-3-5-8/h1-7H,(H2,11,12,13,14). The van der Waals surface area contributed by atoms with Crippen molar-refractivity contribution in [1.29, 1.82) is 0 Å². The van der Waals surface area contributed by atoms with E-state index in [9.17, 15) is 4.79 Å². The summed E-state index contributed by atoms with van der Waals surface area (Å²) in [5.41, 5.74) is 1.91. The Hall–Kier alpha value is -2.10. The summed E-state index contributed by atoms with van der Waals surface area (Å²) in [6.07, 6.45) is 2.31. The Morgan fingerprint density at radius 2 is 2.07 bits per heavy atom. The highest BCUT2D eigenvalue weighted by Gasteiger charge is 2.05. The van der Waals surface area contributed by atoms with Crippen molar-refractivity contribution in [3.63, 3.8) is 0 Å². The highest BCUT2D eigenvalue weighted by molar-refractivity contribution is 5.82. The Labute approximate surface area is 81.0 Å². The molecule has 0 saturated heterocycles. The maximum atomic E-state index is 10.3. The quantitative estimate of drug-likeness (QED) is 0.718. The molecule has 0 aliphatic carbocycles. The first-order valence-corrected chi connectivity index (χ1v) is 4.21. The van der Waals surface area contributed by atoms with Crippen molar-refractivity contribution in [2.45, 2.75) is 0 Å². The molecule has 0 spiro atoms. The number of benzene rings is 1. The van der Waals surface area contributed by atoms with Crippen LogP contribution in [0.15, 0.2) is 36.5 Å². The molecule has 1 aromatic carbocycles. The number of carbonyl (C=O) groups is 1. The Bertz CT molecular complexity index is 422. The van der Waals surface area contributed by atoms with E-state index in [1.54, 1.807) is 6.20 Å². The van der Waals surface area contributed by atoms with E-state index in [-0.39, 0.29) is 0 Å². The fourth-order valence-electron chi connectivity index (χ4n) is 1.29. The monoisotopic (exact) mass is 187 g/mol. The number of nitrogens with zero attached hydrogens (tertiary/aromatic N) is 1. The second kappa shape index (κ2) is 3.74. The summed E-state index contributed by atoms with van der Waals surface area (Å²) >= 11 is 0. The van der Waals surface area contributed by atoms with Gasteiger partial charge in [-0.05, 0) is 5.56 Å². The number of carbonyl (C=O) groups excluding carboxylic acids is 1. The first-order chi connectivity index (χ1) is 6.92. The fraction of sp³-hybridized carbons (Fsp3) is 0. The predicted octanol–water partition coefficient (Wildman–Crippen LogP) is 1.64. The number of hydrogen-bond acceptors (Lipinski definition) is 2. The minimum Gasteiger partial charge on any atom is -0.313 e. The summed E-state index contributed by atoms with van der Waals surface area (Å²) in [7, 11) is 0. The Kier molecular flexibility index (Phi) is 2.27. The fourth-order valence-corrected chi connectivity index (χ4v) is 1.29. The van der Waals surface area contributed by atoms with Gasteiger partial charge in [-0.25, -0.2) is 0 Å². The lowest BCUT2D eigenvalue weighted by atomic mass is 10.1. The Morgan fingerprint density at radius 3 is 2.79 bits per heavy atom. The molecular weight excluding hydrogens is 178 g/mol. The van der Waals surface area contributed by atoms with E-state index in [1.165, 1.54) is 0 Å². The molecule has 0 bridgehead atoms. The Morgan fingerprint density at radius 1 is 1.29 bits per heavy atom. The number of rotatable bonds is 3. The second-order valence-electron chi connectivity index (χ2n) is 2.79. The average molecular weight is 187 g/mol. The molecular formula is C10H9N3O. The second-order valence-corrected chi connectivity index (χ2v) is 2.79. The van der Waals surface area contributed by atoms with Crippen LogP contribution in [0.2, 0.25) is 0 Å². The molecule has 0 fully saturated rings. The van der Waals surface area contributed by atoms with Gasteiger partial charge in [-0.1, -0.05) is 30.3 Å². The van der Waals surface area contributed by atoms with Crippen molar-refractivity contribution >= 4 is 12.2 Å². The number of anilines is 1. The van der Waals surface area contributed by atoms with E-state index >= 15 is 0 Å². The van der Waals surface area contributed by atoms with Crippen molar-refractivity contribution < 1.29 is 4.79 Å². The van der Waals surface area contributed by atoms with Gasteiger partial charge in [-0.15, -0.1) is 0 Å². The molecule has 1 amide bonds. The summed E-state index contributed by atoms with van der Waals surface area (Å²) in [5, 5.41) is 9.14. The van der Waals surface area contributed by atoms with Gasteiger partial charge in [0, 0.05) is 5.56 Å². The zero-order valence-corrected chi connectivity index (χ0v) is 7.40. The zero-order chi connectivity index (χ0) is 9.80. The van der Waals surface area contributed by atoms with Gasteiger partial charge in [0.05, 0.1) is 6.20 Å². The van der Waals surface area contributed by atoms with E-state index in [4.69, 9.17) is 0 Å². The molecule has 1 heterocycles. The first-order valence-electron chi connectivity index (χ1n) is 4.21. The minimum atomic E-state index is 0.617. The van der Waals surface area contributed by atoms with Gasteiger partial charge in [0.15, 0.2) is 0 Å². The van der Waals surface area contributed by atoms with Crippen molar-refractivity contribution in [3.8, 4) is 11.1 Å². The molecule has 0 aliphatic heterocycles. The first kappa shape index (κ1) is 8.50. The lowest BCUT2D eigenvalue weighted by Crippen LogP contribution is -1.95. The maximum Gasteiger partial charge on any atom is 0.212 e. The van der Waals surface area contributed by atoms with Gasteiger partial charge in [0.1, 0.15) is 5.82 Å². The molecule has 2 N–H and O–H groups in total. The van der Waals surface area contributed by atoms with Crippen LogP contribution >= 0.6 is 0 Å². The molecule has 0 aliphatic rings. The Balaban J connectivity index is 2.41. The van der Waals surface area contributed by atoms with E-state index in [0.717, 1.165) is 11.1 Å². The molecule has 1 aromatic heterocycles. The molecule has 4 heteroatoms. The van der Waals surface area contributed by atoms with Crippen molar-refractivity contribution in [2.24, 2.45) is 0 Å². The van der Waals surface area contributed by atoms with E-state index in [1.807, 2.05) is 30.3 Å². The SMILES string of the molecule is O=CNc1[nH]ncc1-c1ccccc1. The van der Waals surface area contributed by atoms with Crippen LogP contribution in [0.3, 0.4) is 0 Å². The van der Waals surface area contributed by atoms with Gasteiger partial charge in [0.25, 0.3) is 0 Å². The largest absolute Gasteiger partial charge is 0.313 e. The average Bonchev–Trinajstić information content (AvgIpc) is 2.68. The molecule has 2 aromatic rings. The van der Waals surface area contributed by atoms with Gasteiger partial charge < -0.3 is 5.32 Å². The summed E-state index contributed by atoms with van der Waals surface area (Å²) in [6, 6.07) is 9.73. The maximum absolute atomic E-state index is 10.3. The van der Waals surface area contributed by atoms with Gasteiger partial charge >= 0.3 is 0 Å². The number of amides is 1. The van der Waals surface area contributed by atoms with Gasteiger partial charge in [-0.2, -0.15) is 5.10 Å². The molecule has 0 saturated carbocycles. The number of hydrogen-bond donors (Lipinski definition) is 2. The lowest BCUT2D eigenvalue weighted by molar-refractivity contribution is -0.105. The highest BCUT2D eigenvalue weighted by atomic mass is 16.1. The predicted molar refractivity (Wildman–Crippen MR) is 53.7 cm³/mol. The van der Waals surface area contributed by atoms with Crippen molar-refractivity contribution in [1.82, 2.24) is 10.2 Å². The lowest BCUT2D eigenvalue weighted by Gasteiger charge is -2.00.